The lowest BCUT2D eigenvalue weighted by atomic mass is 10.1. The van der Waals surface area contributed by atoms with Crippen molar-refractivity contribution >= 4 is 16.7 Å². The van der Waals surface area contributed by atoms with Gasteiger partial charge in [0.1, 0.15) is 11.8 Å². The van der Waals surface area contributed by atoms with E-state index in [0.29, 0.717) is 15.5 Å². The summed E-state index contributed by atoms with van der Waals surface area (Å²) in [7, 11) is 0. The fourth-order valence-electron chi connectivity index (χ4n) is 3.17. The predicted molar refractivity (Wildman–Crippen MR) is 101 cm³/mol. The van der Waals surface area contributed by atoms with Crippen molar-refractivity contribution in [2.75, 3.05) is 6.54 Å². The Labute approximate surface area is 172 Å². The SMILES string of the molecule is N#CC1=C(F)C=C(NC(=O)c2cnn(-c3cncc4ccccc34)c2C(F)(F)F)CN1. The molecule has 0 saturated heterocycles. The number of nitrogens with one attached hydrogen (secondary N) is 2. The van der Waals surface area contributed by atoms with Crippen LogP contribution >= 0.6 is 0 Å². The minimum atomic E-state index is -4.92. The van der Waals surface area contributed by atoms with E-state index in [1.165, 1.54) is 12.4 Å². The molecule has 0 spiro atoms. The van der Waals surface area contributed by atoms with Gasteiger partial charge in [0.2, 0.25) is 0 Å². The molecular formula is C20H12F4N6O. The number of hydrogen-bond donors (Lipinski definition) is 2. The molecule has 11 heteroatoms. The monoisotopic (exact) mass is 428 g/mol. The Kier molecular flexibility index (Phi) is 4.90. The number of fused-ring (bicyclic) bond motifs is 1. The number of carbonyl (C=O) groups excluding carboxylic acids is 1. The number of pyridine rings is 1. The van der Waals surface area contributed by atoms with Gasteiger partial charge >= 0.3 is 6.18 Å². The van der Waals surface area contributed by atoms with Gasteiger partial charge in [-0.1, -0.05) is 24.3 Å². The van der Waals surface area contributed by atoms with Crippen LogP contribution in [0.5, 0.6) is 0 Å². The van der Waals surface area contributed by atoms with E-state index in [1.54, 1.807) is 30.3 Å². The number of benzene rings is 1. The van der Waals surface area contributed by atoms with Crippen LogP contribution in [0.3, 0.4) is 0 Å². The van der Waals surface area contributed by atoms with E-state index in [0.717, 1.165) is 12.3 Å². The van der Waals surface area contributed by atoms with E-state index >= 15 is 0 Å². The summed E-state index contributed by atoms with van der Waals surface area (Å²) >= 11 is 0. The number of nitrogens with zero attached hydrogens (tertiary/aromatic N) is 4. The summed E-state index contributed by atoms with van der Waals surface area (Å²) in [5, 5.41) is 18.3. The fourth-order valence-corrected chi connectivity index (χ4v) is 3.17. The van der Waals surface area contributed by atoms with E-state index in [-0.39, 0.29) is 23.6 Å². The summed E-state index contributed by atoms with van der Waals surface area (Å²) in [6.07, 6.45) is -0.520. The van der Waals surface area contributed by atoms with Gasteiger partial charge in [0.05, 0.1) is 30.2 Å². The van der Waals surface area contributed by atoms with Crippen LogP contribution in [0.2, 0.25) is 0 Å². The normalized spacial score (nSPS) is 14.1. The smallest absolute Gasteiger partial charge is 0.369 e. The number of allylic oxidation sites excluding steroid dienone is 3. The van der Waals surface area contributed by atoms with E-state index in [1.807, 2.05) is 0 Å². The van der Waals surface area contributed by atoms with Gasteiger partial charge in [-0.3, -0.25) is 9.78 Å². The first-order valence-electron chi connectivity index (χ1n) is 8.83. The van der Waals surface area contributed by atoms with Crippen LogP contribution in [0.4, 0.5) is 17.6 Å². The Balaban J connectivity index is 1.77. The largest absolute Gasteiger partial charge is 0.434 e. The molecule has 1 aromatic carbocycles. The minimum absolute atomic E-state index is 0.0331. The molecule has 0 unspecified atom stereocenters. The molecule has 7 nitrogen and oxygen atoms in total. The van der Waals surface area contributed by atoms with Crippen molar-refractivity contribution in [1.82, 2.24) is 25.4 Å². The van der Waals surface area contributed by atoms with Gasteiger partial charge in [-0.05, 0) is 6.08 Å². The average Bonchev–Trinajstić information content (AvgIpc) is 3.19. The number of carbonyl (C=O) groups is 1. The molecule has 0 fully saturated rings. The van der Waals surface area contributed by atoms with Gasteiger partial charge < -0.3 is 10.6 Å². The van der Waals surface area contributed by atoms with E-state index < -0.39 is 29.2 Å². The zero-order valence-electron chi connectivity index (χ0n) is 15.5. The first kappa shape index (κ1) is 20.1. The number of nitriles is 1. The molecule has 1 aliphatic rings. The van der Waals surface area contributed by atoms with Crippen molar-refractivity contribution in [3.63, 3.8) is 0 Å². The number of alkyl halides is 3. The summed E-state index contributed by atoms with van der Waals surface area (Å²) in [5.74, 6) is -2.05. The molecule has 0 aliphatic carbocycles. The van der Waals surface area contributed by atoms with E-state index in [2.05, 4.69) is 20.7 Å². The van der Waals surface area contributed by atoms with Gasteiger partial charge in [0, 0.05) is 22.7 Å². The molecule has 0 bridgehead atoms. The number of rotatable bonds is 3. The Morgan fingerprint density at radius 2 is 2.00 bits per heavy atom. The highest BCUT2D eigenvalue weighted by atomic mass is 19.4. The highest BCUT2D eigenvalue weighted by Crippen LogP contribution is 2.35. The maximum atomic E-state index is 13.9. The lowest BCUT2D eigenvalue weighted by molar-refractivity contribution is -0.143. The number of hydrogen-bond acceptors (Lipinski definition) is 5. The van der Waals surface area contributed by atoms with Crippen LogP contribution in [0, 0.1) is 11.3 Å². The lowest BCUT2D eigenvalue weighted by Gasteiger charge is -2.17. The topological polar surface area (TPSA) is 95.6 Å². The molecule has 0 atom stereocenters. The number of aromatic nitrogens is 3. The van der Waals surface area contributed by atoms with Crippen LogP contribution in [-0.4, -0.2) is 27.2 Å². The molecule has 3 aromatic rings. The van der Waals surface area contributed by atoms with Crippen LogP contribution < -0.4 is 10.6 Å². The van der Waals surface area contributed by atoms with Crippen molar-refractivity contribution < 1.29 is 22.4 Å². The van der Waals surface area contributed by atoms with Crippen LogP contribution in [0.15, 0.2) is 66.2 Å². The Morgan fingerprint density at radius 3 is 2.71 bits per heavy atom. The first-order chi connectivity index (χ1) is 14.8. The van der Waals surface area contributed by atoms with Crippen molar-refractivity contribution in [1.29, 1.82) is 5.26 Å². The Morgan fingerprint density at radius 1 is 1.23 bits per heavy atom. The minimum Gasteiger partial charge on any atom is -0.369 e. The van der Waals surface area contributed by atoms with Gasteiger partial charge in [0.15, 0.2) is 11.5 Å². The van der Waals surface area contributed by atoms with Gasteiger partial charge in [-0.2, -0.15) is 23.5 Å². The zero-order valence-corrected chi connectivity index (χ0v) is 15.5. The maximum absolute atomic E-state index is 13.9. The maximum Gasteiger partial charge on any atom is 0.434 e. The molecule has 0 saturated carbocycles. The lowest BCUT2D eigenvalue weighted by Crippen LogP contribution is -2.33. The van der Waals surface area contributed by atoms with Gasteiger partial charge in [-0.25, -0.2) is 9.07 Å². The summed E-state index contributed by atoms with van der Waals surface area (Å²) in [4.78, 5) is 16.6. The predicted octanol–water partition coefficient (Wildman–Crippen LogP) is 3.36. The van der Waals surface area contributed by atoms with Crippen LogP contribution in [-0.2, 0) is 6.18 Å². The molecule has 156 valence electrons. The Bertz CT molecular complexity index is 1290. The second-order valence-electron chi connectivity index (χ2n) is 6.51. The van der Waals surface area contributed by atoms with Crippen molar-refractivity contribution in [2.45, 2.75) is 6.18 Å². The zero-order chi connectivity index (χ0) is 22.2. The second kappa shape index (κ2) is 7.56. The van der Waals surface area contributed by atoms with Crippen molar-refractivity contribution in [3.05, 3.63) is 77.4 Å². The highest BCUT2D eigenvalue weighted by molar-refractivity contribution is 5.97. The summed E-state index contributed by atoms with van der Waals surface area (Å²) in [6.45, 7) is -0.134. The molecule has 0 radical (unpaired) electrons. The average molecular weight is 428 g/mol. The standard InChI is InChI=1S/C20H12F4N6O/c21-15-5-12(8-27-16(15)6-25)29-19(31)14-9-28-30(18(14)20(22,23)24)17-10-26-7-11-3-1-2-4-13(11)17/h1-5,7,9-10,27H,8H2,(H,29,31). The summed E-state index contributed by atoms with van der Waals surface area (Å²) < 4.78 is 56.2. The molecule has 2 aromatic heterocycles. The number of dihydropyridines is 1. The van der Waals surface area contributed by atoms with E-state index in [4.69, 9.17) is 5.26 Å². The van der Waals surface area contributed by atoms with E-state index in [9.17, 15) is 22.4 Å². The third-order valence-corrected chi connectivity index (χ3v) is 4.54. The number of halogens is 4. The highest BCUT2D eigenvalue weighted by Gasteiger charge is 2.41. The molecule has 1 amide bonds. The summed E-state index contributed by atoms with van der Waals surface area (Å²) in [6, 6.07) is 8.29. The first-order valence-corrected chi connectivity index (χ1v) is 8.83. The third-order valence-electron chi connectivity index (χ3n) is 4.54. The fraction of sp³-hybridized carbons (Fsp3) is 0.100. The molecule has 3 heterocycles. The van der Waals surface area contributed by atoms with Gasteiger partial charge in [-0.15, -0.1) is 0 Å². The Hall–Kier alpha value is -4.20. The van der Waals surface area contributed by atoms with Crippen molar-refractivity contribution in [2.24, 2.45) is 0 Å². The third kappa shape index (κ3) is 3.71. The number of amides is 1. The van der Waals surface area contributed by atoms with Crippen molar-refractivity contribution in [3.8, 4) is 11.8 Å². The molecule has 4 rings (SSSR count). The molecule has 31 heavy (non-hydrogen) atoms. The van der Waals surface area contributed by atoms with Gasteiger partial charge in [0.25, 0.3) is 5.91 Å². The summed E-state index contributed by atoms with van der Waals surface area (Å²) in [5.41, 5.74) is -2.34. The van der Waals surface area contributed by atoms with Crippen LogP contribution in [0.1, 0.15) is 16.1 Å². The quantitative estimate of drug-likeness (QED) is 0.624. The molecule has 1 aliphatic heterocycles. The molecule has 2 N–H and O–H groups in total. The van der Waals surface area contributed by atoms with Crippen LogP contribution in [0.25, 0.3) is 16.5 Å². The second-order valence-corrected chi connectivity index (χ2v) is 6.51. The molecular weight excluding hydrogens is 416 g/mol.